The third-order valence-electron chi connectivity index (χ3n) is 4.68. The van der Waals surface area contributed by atoms with E-state index in [0.29, 0.717) is 23.5 Å². The van der Waals surface area contributed by atoms with Gasteiger partial charge in [-0.05, 0) is 61.3 Å². The van der Waals surface area contributed by atoms with Crippen molar-refractivity contribution in [2.45, 2.75) is 44.9 Å². The van der Waals surface area contributed by atoms with Crippen molar-refractivity contribution >= 4 is 5.91 Å². The van der Waals surface area contributed by atoms with Crippen molar-refractivity contribution in [2.24, 2.45) is 5.92 Å². The van der Waals surface area contributed by atoms with Crippen LogP contribution in [0.25, 0.3) is 0 Å². The molecule has 0 unspecified atom stereocenters. The molecule has 1 saturated heterocycles. The summed E-state index contributed by atoms with van der Waals surface area (Å²) in [6.45, 7) is 3.91. The Bertz CT molecular complexity index is 500. The first-order valence-electron chi connectivity index (χ1n) is 7.79. The quantitative estimate of drug-likeness (QED) is 0.919. The van der Waals surface area contributed by atoms with E-state index in [1.807, 2.05) is 6.07 Å². The van der Waals surface area contributed by atoms with E-state index in [1.54, 1.807) is 6.07 Å². The number of phenolic OH excluding ortho intramolecular Hbond substituents is 1. The summed E-state index contributed by atoms with van der Waals surface area (Å²) in [5, 5.41) is 9.60. The van der Waals surface area contributed by atoms with Crippen LogP contribution < -0.4 is 0 Å². The van der Waals surface area contributed by atoms with E-state index in [2.05, 4.69) is 17.9 Å². The summed E-state index contributed by atoms with van der Waals surface area (Å²) in [6.07, 6.45) is 5.24. The molecule has 3 rings (SSSR count). The van der Waals surface area contributed by atoms with Gasteiger partial charge in [0.2, 0.25) is 5.91 Å². The van der Waals surface area contributed by atoms with E-state index < -0.39 is 0 Å². The molecule has 108 valence electrons. The largest absolute Gasteiger partial charge is 0.508 e. The zero-order chi connectivity index (χ0) is 14.1. The van der Waals surface area contributed by atoms with Crippen molar-refractivity contribution in [1.82, 2.24) is 4.90 Å². The molecule has 0 atom stereocenters. The van der Waals surface area contributed by atoms with E-state index in [1.165, 1.54) is 11.1 Å². The molecule has 1 aliphatic heterocycles. The minimum Gasteiger partial charge on any atom is -0.508 e. The van der Waals surface area contributed by atoms with Crippen LogP contribution in [0.1, 0.15) is 49.7 Å². The van der Waals surface area contributed by atoms with Crippen LogP contribution in [0.15, 0.2) is 18.2 Å². The number of benzene rings is 1. The van der Waals surface area contributed by atoms with Gasteiger partial charge in [-0.2, -0.15) is 0 Å². The standard InChI is InChI=1S/C17H23NO2/c1-2-12-11-15(19)5-6-16(12)13-7-9-18(10-8-13)17(20)14-3-4-14/h5-6,11,13-14,19H,2-4,7-10H2,1H3. The van der Waals surface area contributed by atoms with Gasteiger partial charge >= 0.3 is 0 Å². The molecule has 1 aromatic rings. The Hall–Kier alpha value is -1.51. The number of piperidine rings is 1. The summed E-state index contributed by atoms with van der Waals surface area (Å²) in [7, 11) is 0. The number of likely N-dealkylation sites (tertiary alicyclic amines) is 1. The zero-order valence-corrected chi connectivity index (χ0v) is 12.1. The van der Waals surface area contributed by atoms with Crippen LogP contribution in [0.5, 0.6) is 5.75 Å². The number of rotatable bonds is 3. The number of carbonyl (C=O) groups excluding carboxylic acids is 1. The third kappa shape index (κ3) is 2.67. The Balaban J connectivity index is 1.67. The smallest absolute Gasteiger partial charge is 0.225 e. The number of amides is 1. The predicted molar refractivity (Wildman–Crippen MR) is 78.8 cm³/mol. The number of carbonyl (C=O) groups is 1. The average molecular weight is 273 g/mol. The van der Waals surface area contributed by atoms with Gasteiger partial charge in [0, 0.05) is 19.0 Å². The van der Waals surface area contributed by atoms with E-state index in [0.717, 1.165) is 45.2 Å². The van der Waals surface area contributed by atoms with Crippen LogP contribution in [0.2, 0.25) is 0 Å². The molecule has 20 heavy (non-hydrogen) atoms. The Morgan fingerprint density at radius 3 is 2.55 bits per heavy atom. The zero-order valence-electron chi connectivity index (χ0n) is 12.1. The molecule has 0 radical (unpaired) electrons. The lowest BCUT2D eigenvalue weighted by atomic mass is 9.85. The minimum absolute atomic E-state index is 0.339. The molecule has 2 fully saturated rings. The van der Waals surface area contributed by atoms with Gasteiger partial charge in [-0.25, -0.2) is 0 Å². The maximum atomic E-state index is 12.1. The van der Waals surface area contributed by atoms with Gasteiger partial charge in [0.05, 0.1) is 0 Å². The van der Waals surface area contributed by atoms with Crippen LogP contribution >= 0.6 is 0 Å². The molecule has 0 aromatic heterocycles. The molecule has 1 N–H and O–H groups in total. The second kappa shape index (κ2) is 5.47. The topological polar surface area (TPSA) is 40.5 Å². The van der Waals surface area contributed by atoms with Crippen molar-refractivity contribution in [1.29, 1.82) is 0 Å². The first-order valence-corrected chi connectivity index (χ1v) is 7.79. The highest BCUT2D eigenvalue weighted by atomic mass is 16.3. The molecular weight excluding hydrogens is 250 g/mol. The highest BCUT2D eigenvalue weighted by Crippen LogP contribution is 2.35. The van der Waals surface area contributed by atoms with Gasteiger partial charge in [0.1, 0.15) is 5.75 Å². The Labute approximate surface area is 120 Å². The van der Waals surface area contributed by atoms with Crippen molar-refractivity contribution in [3.8, 4) is 5.75 Å². The molecule has 3 heteroatoms. The van der Waals surface area contributed by atoms with Gasteiger partial charge in [-0.15, -0.1) is 0 Å². The fraction of sp³-hybridized carbons (Fsp3) is 0.588. The summed E-state index contributed by atoms with van der Waals surface area (Å²) in [5.41, 5.74) is 2.61. The van der Waals surface area contributed by atoms with Gasteiger partial charge in [-0.1, -0.05) is 13.0 Å². The number of hydrogen-bond acceptors (Lipinski definition) is 2. The fourth-order valence-corrected chi connectivity index (χ4v) is 3.30. The first kappa shape index (κ1) is 13.5. The first-order chi connectivity index (χ1) is 9.69. The minimum atomic E-state index is 0.339. The van der Waals surface area contributed by atoms with Gasteiger partial charge in [0.15, 0.2) is 0 Å². The molecule has 1 amide bonds. The van der Waals surface area contributed by atoms with Crippen LogP contribution in [-0.4, -0.2) is 29.0 Å². The molecule has 3 nitrogen and oxygen atoms in total. The predicted octanol–water partition coefficient (Wildman–Crippen LogP) is 3.07. The Morgan fingerprint density at radius 1 is 1.25 bits per heavy atom. The van der Waals surface area contributed by atoms with Crippen LogP contribution in [0.3, 0.4) is 0 Å². The van der Waals surface area contributed by atoms with E-state index in [4.69, 9.17) is 0 Å². The second-order valence-corrected chi connectivity index (χ2v) is 6.11. The average Bonchev–Trinajstić information content (AvgIpc) is 3.31. The maximum Gasteiger partial charge on any atom is 0.225 e. The van der Waals surface area contributed by atoms with E-state index >= 15 is 0 Å². The summed E-state index contributed by atoms with van der Waals surface area (Å²) in [5.74, 6) is 1.61. The molecule has 1 aromatic carbocycles. The summed E-state index contributed by atoms with van der Waals surface area (Å²) in [6, 6.07) is 5.74. The molecule has 0 bridgehead atoms. The third-order valence-corrected chi connectivity index (χ3v) is 4.68. The van der Waals surface area contributed by atoms with Crippen molar-refractivity contribution in [3.63, 3.8) is 0 Å². The van der Waals surface area contributed by atoms with Crippen LogP contribution in [0, 0.1) is 5.92 Å². The maximum absolute atomic E-state index is 12.1. The van der Waals surface area contributed by atoms with Gasteiger partial charge in [-0.3, -0.25) is 4.79 Å². The Kier molecular flexibility index (Phi) is 3.68. The normalized spacial score (nSPS) is 20.1. The lowest BCUT2D eigenvalue weighted by Crippen LogP contribution is -2.38. The number of phenols is 1. The van der Waals surface area contributed by atoms with Gasteiger partial charge < -0.3 is 10.0 Å². The molecular formula is C17H23NO2. The van der Waals surface area contributed by atoms with E-state index in [-0.39, 0.29) is 0 Å². The van der Waals surface area contributed by atoms with E-state index in [9.17, 15) is 9.90 Å². The number of aromatic hydroxyl groups is 1. The SMILES string of the molecule is CCc1cc(O)ccc1C1CCN(C(=O)C2CC2)CC1. The molecule has 0 spiro atoms. The number of aryl methyl sites for hydroxylation is 1. The van der Waals surface area contributed by atoms with Crippen molar-refractivity contribution in [2.75, 3.05) is 13.1 Å². The monoisotopic (exact) mass is 273 g/mol. The fourth-order valence-electron chi connectivity index (χ4n) is 3.30. The highest BCUT2D eigenvalue weighted by molar-refractivity contribution is 5.81. The van der Waals surface area contributed by atoms with Gasteiger partial charge in [0.25, 0.3) is 0 Å². The molecule has 1 aliphatic carbocycles. The number of hydrogen-bond donors (Lipinski definition) is 1. The molecule has 2 aliphatic rings. The molecule has 1 saturated carbocycles. The van der Waals surface area contributed by atoms with Crippen molar-refractivity contribution < 1.29 is 9.90 Å². The summed E-state index contributed by atoms with van der Waals surface area (Å²) < 4.78 is 0. The lowest BCUT2D eigenvalue weighted by molar-refractivity contribution is -0.133. The summed E-state index contributed by atoms with van der Waals surface area (Å²) in [4.78, 5) is 14.1. The second-order valence-electron chi connectivity index (χ2n) is 6.11. The molecule has 1 heterocycles. The van der Waals surface area contributed by atoms with Crippen molar-refractivity contribution in [3.05, 3.63) is 29.3 Å². The Morgan fingerprint density at radius 2 is 1.95 bits per heavy atom. The summed E-state index contributed by atoms with van der Waals surface area (Å²) >= 11 is 0. The lowest BCUT2D eigenvalue weighted by Gasteiger charge is -2.33. The van der Waals surface area contributed by atoms with Crippen LogP contribution in [-0.2, 0) is 11.2 Å². The van der Waals surface area contributed by atoms with Crippen LogP contribution in [0.4, 0.5) is 0 Å². The highest BCUT2D eigenvalue weighted by Gasteiger charge is 2.35. The number of nitrogens with zero attached hydrogens (tertiary/aromatic N) is 1.